The van der Waals surface area contributed by atoms with Crippen LogP contribution >= 0.6 is 15.9 Å². The first-order chi connectivity index (χ1) is 7.16. The summed E-state index contributed by atoms with van der Waals surface area (Å²) in [6, 6.07) is 9.87. The van der Waals surface area contributed by atoms with Crippen LogP contribution in [0.4, 0.5) is 5.82 Å². The van der Waals surface area contributed by atoms with E-state index in [2.05, 4.69) is 26.1 Å². The van der Waals surface area contributed by atoms with Gasteiger partial charge >= 0.3 is 0 Å². The Balaban J connectivity index is 2.45. The van der Waals surface area contributed by atoms with Crippen molar-refractivity contribution in [2.45, 2.75) is 6.92 Å². The molecule has 0 fully saturated rings. The largest absolute Gasteiger partial charge is 0.382 e. The fourth-order valence-electron chi connectivity index (χ4n) is 1.26. The molecule has 0 unspecified atom stereocenters. The first kappa shape index (κ1) is 10.1. The molecule has 1 aromatic carbocycles. The van der Waals surface area contributed by atoms with E-state index in [4.69, 9.17) is 5.73 Å². The van der Waals surface area contributed by atoms with E-state index < -0.39 is 0 Å². The van der Waals surface area contributed by atoms with Gasteiger partial charge in [-0.1, -0.05) is 28.1 Å². The van der Waals surface area contributed by atoms with Crippen LogP contribution in [-0.4, -0.2) is 10.2 Å². The predicted octanol–water partition coefficient (Wildman–Crippen LogP) is 2.80. The standard InChI is InChI=1S/C11H10BrN3/c1-7-6-10(14-15-11(7)13)8-2-4-9(12)5-3-8/h2-6H,1H3,(H2,13,15). The maximum atomic E-state index is 5.61. The lowest BCUT2D eigenvalue weighted by molar-refractivity contribution is 1.03. The van der Waals surface area contributed by atoms with Crippen LogP contribution < -0.4 is 5.73 Å². The van der Waals surface area contributed by atoms with E-state index in [0.717, 1.165) is 21.3 Å². The summed E-state index contributed by atoms with van der Waals surface area (Å²) >= 11 is 3.39. The zero-order chi connectivity index (χ0) is 10.8. The Hall–Kier alpha value is -1.42. The topological polar surface area (TPSA) is 51.8 Å². The van der Waals surface area contributed by atoms with Crippen molar-refractivity contribution in [1.82, 2.24) is 10.2 Å². The molecule has 1 heterocycles. The normalized spacial score (nSPS) is 10.3. The third-order valence-electron chi connectivity index (χ3n) is 2.16. The number of benzene rings is 1. The summed E-state index contributed by atoms with van der Waals surface area (Å²) in [4.78, 5) is 0. The van der Waals surface area contributed by atoms with Crippen LogP contribution in [0.3, 0.4) is 0 Å². The average molecular weight is 264 g/mol. The summed E-state index contributed by atoms with van der Waals surface area (Å²) in [5.74, 6) is 0.482. The molecule has 0 saturated heterocycles. The Morgan fingerprint density at radius 2 is 1.80 bits per heavy atom. The molecule has 2 rings (SSSR count). The lowest BCUT2D eigenvalue weighted by Gasteiger charge is -2.02. The monoisotopic (exact) mass is 263 g/mol. The number of halogens is 1. The van der Waals surface area contributed by atoms with Crippen molar-refractivity contribution >= 4 is 21.7 Å². The zero-order valence-electron chi connectivity index (χ0n) is 8.24. The van der Waals surface area contributed by atoms with Crippen molar-refractivity contribution in [3.05, 3.63) is 40.4 Å². The highest BCUT2D eigenvalue weighted by atomic mass is 79.9. The van der Waals surface area contributed by atoms with Gasteiger partial charge < -0.3 is 5.73 Å². The zero-order valence-corrected chi connectivity index (χ0v) is 9.82. The molecule has 2 aromatic rings. The number of nitrogens with two attached hydrogens (primary N) is 1. The summed E-state index contributed by atoms with van der Waals surface area (Å²) in [6.07, 6.45) is 0. The molecular formula is C11H10BrN3. The molecule has 2 N–H and O–H groups in total. The summed E-state index contributed by atoms with van der Waals surface area (Å²) < 4.78 is 1.05. The van der Waals surface area contributed by atoms with Gasteiger partial charge in [0, 0.05) is 10.0 Å². The number of hydrogen-bond donors (Lipinski definition) is 1. The Labute approximate surface area is 96.5 Å². The lowest BCUT2D eigenvalue weighted by Crippen LogP contribution is -1.97. The number of aromatic nitrogens is 2. The number of hydrogen-bond acceptors (Lipinski definition) is 3. The Morgan fingerprint density at radius 1 is 1.13 bits per heavy atom. The number of nitrogen functional groups attached to an aromatic ring is 1. The maximum Gasteiger partial charge on any atom is 0.149 e. The van der Waals surface area contributed by atoms with E-state index in [9.17, 15) is 0 Å². The number of rotatable bonds is 1. The van der Waals surface area contributed by atoms with Crippen LogP contribution in [0.2, 0.25) is 0 Å². The van der Waals surface area contributed by atoms with Gasteiger partial charge in [-0.25, -0.2) is 0 Å². The van der Waals surface area contributed by atoms with Crippen molar-refractivity contribution in [3.63, 3.8) is 0 Å². The third kappa shape index (κ3) is 2.15. The molecule has 76 valence electrons. The molecule has 0 aliphatic rings. The van der Waals surface area contributed by atoms with E-state index in [0.29, 0.717) is 5.82 Å². The van der Waals surface area contributed by atoms with Crippen molar-refractivity contribution in [2.75, 3.05) is 5.73 Å². The van der Waals surface area contributed by atoms with Gasteiger partial charge in [0.15, 0.2) is 0 Å². The van der Waals surface area contributed by atoms with E-state index in [-0.39, 0.29) is 0 Å². The molecule has 3 nitrogen and oxygen atoms in total. The van der Waals surface area contributed by atoms with Crippen molar-refractivity contribution in [1.29, 1.82) is 0 Å². The van der Waals surface area contributed by atoms with Crippen molar-refractivity contribution in [2.24, 2.45) is 0 Å². The van der Waals surface area contributed by atoms with Crippen LogP contribution in [0.5, 0.6) is 0 Å². The Bertz CT molecular complexity index is 480. The lowest BCUT2D eigenvalue weighted by atomic mass is 10.1. The minimum Gasteiger partial charge on any atom is -0.382 e. The minimum absolute atomic E-state index is 0.482. The molecule has 0 atom stereocenters. The fourth-order valence-corrected chi connectivity index (χ4v) is 1.52. The van der Waals surface area contributed by atoms with Crippen LogP contribution in [0.15, 0.2) is 34.8 Å². The molecule has 0 radical (unpaired) electrons. The first-order valence-corrected chi connectivity index (χ1v) is 5.32. The van der Waals surface area contributed by atoms with E-state index >= 15 is 0 Å². The highest BCUT2D eigenvalue weighted by Gasteiger charge is 2.02. The fraction of sp³-hybridized carbons (Fsp3) is 0.0909. The van der Waals surface area contributed by atoms with Gasteiger partial charge in [0.05, 0.1) is 5.69 Å². The van der Waals surface area contributed by atoms with Crippen molar-refractivity contribution < 1.29 is 0 Å². The van der Waals surface area contributed by atoms with Gasteiger partial charge in [0.1, 0.15) is 5.82 Å². The number of nitrogens with zero attached hydrogens (tertiary/aromatic N) is 2. The summed E-state index contributed by atoms with van der Waals surface area (Å²) in [5.41, 5.74) is 8.43. The minimum atomic E-state index is 0.482. The first-order valence-electron chi connectivity index (χ1n) is 4.52. The summed E-state index contributed by atoms with van der Waals surface area (Å²) in [6.45, 7) is 1.92. The summed E-state index contributed by atoms with van der Waals surface area (Å²) in [7, 11) is 0. The van der Waals surface area contributed by atoms with Gasteiger partial charge in [0.2, 0.25) is 0 Å². The predicted molar refractivity (Wildman–Crippen MR) is 64.3 cm³/mol. The second-order valence-electron chi connectivity index (χ2n) is 3.30. The van der Waals surface area contributed by atoms with Gasteiger partial charge in [-0.15, -0.1) is 10.2 Å². The summed E-state index contributed by atoms with van der Waals surface area (Å²) in [5, 5.41) is 7.94. The number of aryl methyl sites for hydroxylation is 1. The maximum absolute atomic E-state index is 5.61. The molecule has 0 aliphatic carbocycles. The Morgan fingerprint density at radius 3 is 2.40 bits per heavy atom. The van der Waals surface area contributed by atoms with E-state index in [1.165, 1.54) is 0 Å². The molecule has 0 aliphatic heterocycles. The van der Waals surface area contributed by atoms with Crippen LogP contribution in [0.1, 0.15) is 5.56 Å². The Kier molecular flexibility index (Phi) is 2.68. The quantitative estimate of drug-likeness (QED) is 0.861. The average Bonchev–Trinajstić information content (AvgIpc) is 2.23. The van der Waals surface area contributed by atoms with Crippen LogP contribution in [0.25, 0.3) is 11.3 Å². The molecular weight excluding hydrogens is 254 g/mol. The molecule has 4 heteroatoms. The second-order valence-corrected chi connectivity index (χ2v) is 4.22. The molecule has 0 spiro atoms. The highest BCUT2D eigenvalue weighted by Crippen LogP contribution is 2.21. The molecule has 1 aromatic heterocycles. The SMILES string of the molecule is Cc1cc(-c2ccc(Br)cc2)nnc1N. The van der Waals surface area contributed by atoms with Crippen LogP contribution in [-0.2, 0) is 0 Å². The third-order valence-corrected chi connectivity index (χ3v) is 2.69. The van der Waals surface area contributed by atoms with Gasteiger partial charge in [-0.05, 0) is 30.7 Å². The second kappa shape index (κ2) is 3.98. The molecule has 0 amide bonds. The molecule has 0 saturated carbocycles. The van der Waals surface area contributed by atoms with Crippen LogP contribution in [0, 0.1) is 6.92 Å². The number of anilines is 1. The van der Waals surface area contributed by atoms with E-state index in [1.807, 2.05) is 37.3 Å². The van der Waals surface area contributed by atoms with Gasteiger partial charge in [0.25, 0.3) is 0 Å². The van der Waals surface area contributed by atoms with Gasteiger partial charge in [-0.2, -0.15) is 0 Å². The van der Waals surface area contributed by atoms with Gasteiger partial charge in [-0.3, -0.25) is 0 Å². The highest BCUT2D eigenvalue weighted by molar-refractivity contribution is 9.10. The smallest absolute Gasteiger partial charge is 0.149 e. The molecule has 15 heavy (non-hydrogen) atoms. The molecule has 0 bridgehead atoms. The van der Waals surface area contributed by atoms with E-state index in [1.54, 1.807) is 0 Å². The van der Waals surface area contributed by atoms with Crippen molar-refractivity contribution in [3.8, 4) is 11.3 Å².